The van der Waals surface area contributed by atoms with Crippen LogP contribution in [0.3, 0.4) is 0 Å². The molecule has 0 bridgehead atoms. The van der Waals surface area contributed by atoms with E-state index in [9.17, 15) is 14.7 Å². The quantitative estimate of drug-likeness (QED) is 0.754. The van der Waals surface area contributed by atoms with Gasteiger partial charge in [-0.05, 0) is 47.0 Å². The van der Waals surface area contributed by atoms with Gasteiger partial charge in [0, 0.05) is 19.6 Å². The minimum absolute atomic E-state index is 0.110. The van der Waals surface area contributed by atoms with Crippen molar-refractivity contribution in [2.24, 2.45) is 5.41 Å². The molecular formula is C18H27N3O3S. The van der Waals surface area contributed by atoms with Crippen LogP contribution in [0.2, 0.25) is 0 Å². The maximum atomic E-state index is 12.9. The number of carboxylic acids is 1. The lowest BCUT2D eigenvalue weighted by Crippen LogP contribution is -2.49. The summed E-state index contributed by atoms with van der Waals surface area (Å²) in [6.07, 6.45) is 3.72. The van der Waals surface area contributed by atoms with Gasteiger partial charge in [0.25, 0.3) is 5.91 Å². The second-order valence-electron chi connectivity index (χ2n) is 6.87. The molecule has 1 aromatic rings. The topological polar surface area (TPSA) is 82.5 Å². The van der Waals surface area contributed by atoms with E-state index >= 15 is 0 Å². The molecule has 0 radical (unpaired) electrons. The fourth-order valence-electron chi connectivity index (χ4n) is 3.10. The summed E-state index contributed by atoms with van der Waals surface area (Å²) in [4.78, 5) is 31.6. The highest BCUT2D eigenvalue weighted by Gasteiger charge is 2.43. The van der Waals surface area contributed by atoms with Crippen LogP contribution >= 0.6 is 11.3 Å². The van der Waals surface area contributed by atoms with Crippen LogP contribution in [0.25, 0.3) is 0 Å². The van der Waals surface area contributed by atoms with Gasteiger partial charge in [-0.15, -0.1) is 0 Å². The van der Waals surface area contributed by atoms with Crippen molar-refractivity contribution in [3.05, 3.63) is 22.2 Å². The van der Waals surface area contributed by atoms with E-state index in [0.717, 1.165) is 17.2 Å². The number of aryl methyl sites for hydroxylation is 1. The SMILES string of the molecule is CCNc1nc(C)c(C(=O)N2CCCC(CC=C(C)C)(C(=O)O)C2)s1. The van der Waals surface area contributed by atoms with Crippen LogP contribution in [0.5, 0.6) is 0 Å². The number of carbonyl (C=O) groups is 2. The fraction of sp³-hybridized carbons (Fsp3) is 0.611. The number of likely N-dealkylation sites (tertiary alicyclic amines) is 1. The smallest absolute Gasteiger partial charge is 0.311 e. The van der Waals surface area contributed by atoms with E-state index in [4.69, 9.17) is 0 Å². The van der Waals surface area contributed by atoms with E-state index in [-0.39, 0.29) is 12.5 Å². The number of aromatic nitrogens is 1. The summed E-state index contributed by atoms with van der Waals surface area (Å²) in [6, 6.07) is 0. The van der Waals surface area contributed by atoms with Crippen LogP contribution in [-0.2, 0) is 4.79 Å². The largest absolute Gasteiger partial charge is 0.481 e. The molecule has 6 nitrogen and oxygen atoms in total. The fourth-order valence-corrected chi connectivity index (χ4v) is 4.10. The molecule has 2 N–H and O–H groups in total. The van der Waals surface area contributed by atoms with E-state index in [1.807, 2.05) is 33.8 Å². The number of rotatable bonds is 6. The van der Waals surface area contributed by atoms with Gasteiger partial charge < -0.3 is 15.3 Å². The van der Waals surface area contributed by atoms with E-state index < -0.39 is 11.4 Å². The summed E-state index contributed by atoms with van der Waals surface area (Å²) in [5.41, 5.74) is 0.897. The van der Waals surface area contributed by atoms with Crippen LogP contribution in [0, 0.1) is 12.3 Å². The number of amides is 1. The van der Waals surface area contributed by atoms with Gasteiger partial charge in [0.05, 0.1) is 11.1 Å². The molecule has 0 aromatic carbocycles. The van der Waals surface area contributed by atoms with E-state index in [1.54, 1.807) is 4.90 Å². The molecule has 1 aliphatic heterocycles. The first-order valence-corrected chi connectivity index (χ1v) is 9.48. The molecule has 1 aliphatic rings. The number of thiazole rings is 1. The number of carboxylic acid groups (broad SMARTS) is 1. The number of allylic oxidation sites excluding steroid dienone is 2. The Morgan fingerprint density at radius 2 is 2.16 bits per heavy atom. The Labute approximate surface area is 152 Å². The molecule has 1 atom stereocenters. The Morgan fingerprint density at radius 3 is 2.76 bits per heavy atom. The Bertz CT molecular complexity index is 679. The van der Waals surface area contributed by atoms with Crippen molar-refractivity contribution in [2.45, 2.75) is 47.0 Å². The molecule has 1 saturated heterocycles. The highest BCUT2D eigenvalue weighted by Crippen LogP contribution is 2.36. The summed E-state index contributed by atoms with van der Waals surface area (Å²) >= 11 is 1.34. The normalized spacial score (nSPS) is 20.2. The highest BCUT2D eigenvalue weighted by molar-refractivity contribution is 7.17. The van der Waals surface area contributed by atoms with Crippen LogP contribution < -0.4 is 5.32 Å². The van der Waals surface area contributed by atoms with Gasteiger partial charge in [0.15, 0.2) is 5.13 Å². The van der Waals surface area contributed by atoms with Gasteiger partial charge >= 0.3 is 5.97 Å². The van der Waals surface area contributed by atoms with Gasteiger partial charge in [0.2, 0.25) is 0 Å². The third-order valence-electron chi connectivity index (χ3n) is 4.54. The zero-order chi connectivity index (χ0) is 18.6. The third-order valence-corrected chi connectivity index (χ3v) is 5.64. The molecule has 0 saturated carbocycles. The van der Waals surface area contributed by atoms with Crippen LogP contribution in [0.1, 0.15) is 55.4 Å². The van der Waals surface area contributed by atoms with E-state index in [0.29, 0.717) is 36.4 Å². The van der Waals surface area contributed by atoms with Crippen molar-refractivity contribution in [2.75, 3.05) is 25.0 Å². The van der Waals surface area contributed by atoms with Crippen molar-refractivity contribution in [3.63, 3.8) is 0 Å². The first-order valence-electron chi connectivity index (χ1n) is 8.66. The minimum Gasteiger partial charge on any atom is -0.481 e. The Balaban J connectivity index is 2.22. The number of anilines is 1. The molecule has 1 aromatic heterocycles. The van der Waals surface area contributed by atoms with Crippen LogP contribution in [0.4, 0.5) is 5.13 Å². The highest BCUT2D eigenvalue weighted by atomic mass is 32.1. The Kier molecular flexibility index (Phi) is 6.21. The van der Waals surface area contributed by atoms with Crippen molar-refractivity contribution in [1.82, 2.24) is 9.88 Å². The third kappa shape index (κ3) is 4.39. The standard InChI is InChI=1S/C18H27N3O3S/c1-5-19-17-20-13(4)14(25-17)15(22)21-10-6-8-18(11-21,16(23)24)9-7-12(2)3/h7H,5-6,8-11H2,1-4H3,(H,19,20)(H,23,24). The lowest BCUT2D eigenvalue weighted by Gasteiger charge is -2.39. The summed E-state index contributed by atoms with van der Waals surface area (Å²) in [5, 5.41) is 13.7. The summed E-state index contributed by atoms with van der Waals surface area (Å²) in [5.74, 6) is -0.932. The number of aliphatic carboxylic acids is 1. The maximum Gasteiger partial charge on any atom is 0.311 e. The van der Waals surface area contributed by atoms with Gasteiger partial charge in [-0.25, -0.2) is 4.98 Å². The van der Waals surface area contributed by atoms with Crippen LogP contribution in [0.15, 0.2) is 11.6 Å². The molecule has 7 heteroatoms. The van der Waals surface area contributed by atoms with E-state index in [1.165, 1.54) is 11.3 Å². The van der Waals surface area contributed by atoms with Crippen LogP contribution in [-0.4, -0.2) is 46.5 Å². The number of nitrogens with zero attached hydrogens (tertiary/aromatic N) is 2. The zero-order valence-corrected chi connectivity index (χ0v) is 16.2. The number of carbonyl (C=O) groups excluding carboxylic acids is 1. The van der Waals surface area contributed by atoms with Crippen molar-refractivity contribution in [1.29, 1.82) is 0 Å². The Hall–Kier alpha value is -1.89. The molecule has 1 amide bonds. The number of hydrogen-bond donors (Lipinski definition) is 2. The predicted octanol–water partition coefficient (Wildman–Crippen LogP) is 3.55. The van der Waals surface area contributed by atoms with Crippen molar-refractivity contribution >= 4 is 28.3 Å². The number of nitrogens with one attached hydrogen (secondary N) is 1. The van der Waals surface area contributed by atoms with Crippen molar-refractivity contribution < 1.29 is 14.7 Å². The summed E-state index contributed by atoms with van der Waals surface area (Å²) in [6.45, 7) is 9.31. The maximum absolute atomic E-state index is 12.9. The number of piperidine rings is 1. The average Bonchev–Trinajstić information content (AvgIpc) is 2.93. The monoisotopic (exact) mass is 365 g/mol. The molecule has 25 heavy (non-hydrogen) atoms. The minimum atomic E-state index is -0.895. The van der Waals surface area contributed by atoms with Crippen molar-refractivity contribution in [3.8, 4) is 0 Å². The summed E-state index contributed by atoms with van der Waals surface area (Å²) in [7, 11) is 0. The van der Waals surface area contributed by atoms with E-state index in [2.05, 4.69) is 10.3 Å². The molecule has 0 aliphatic carbocycles. The van der Waals surface area contributed by atoms with Gasteiger partial charge in [-0.1, -0.05) is 23.0 Å². The molecule has 1 unspecified atom stereocenters. The first kappa shape index (κ1) is 19.4. The first-order chi connectivity index (χ1) is 11.8. The van der Waals surface area contributed by atoms with Gasteiger partial charge in [-0.3, -0.25) is 9.59 Å². The lowest BCUT2D eigenvalue weighted by molar-refractivity contribution is -0.151. The second kappa shape index (κ2) is 7.99. The van der Waals surface area contributed by atoms with Gasteiger partial charge in [-0.2, -0.15) is 0 Å². The average molecular weight is 365 g/mol. The zero-order valence-electron chi connectivity index (χ0n) is 15.4. The molecule has 1 fully saturated rings. The molecular weight excluding hydrogens is 338 g/mol. The second-order valence-corrected chi connectivity index (χ2v) is 7.86. The number of hydrogen-bond acceptors (Lipinski definition) is 5. The predicted molar refractivity (Wildman–Crippen MR) is 100 cm³/mol. The molecule has 138 valence electrons. The Morgan fingerprint density at radius 1 is 1.44 bits per heavy atom. The molecule has 0 spiro atoms. The molecule has 2 rings (SSSR count). The lowest BCUT2D eigenvalue weighted by atomic mass is 9.76. The summed E-state index contributed by atoms with van der Waals surface area (Å²) < 4.78 is 0. The molecule has 2 heterocycles. The van der Waals surface area contributed by atoms with Gasteiger partial charge in [0.1, 0.15) is 4.88 Å².